The summed E-state index contributed by atoms with van der Waals surface area (Å²) < 4.78 is 159. The number of nitrogens with zero attached hydrogens (tertiary/aromatic N) is 2. The van der Waals surface area contributed by atoms with E-state index >= 15 is 0 Å². The normalized spacial score (nSPS) is 16.8. The number of hydrogen-bond donors (Lipinski definition) is 2. The minimum absolute atomic E-state index is 0.0143. The van der Waals surface area contributed by atoms with Crippen molar-refractivity contribution in [2.45, 2.75) is 139 Å². The van der Waals surface area contributed by atoms with Gasteiger partial charge in [-0.15, -0.1) is 0 Å². The summed E-state index contributed by atoms with van der Waals surface area (Å²) in [4.78, 5) is 46.7. The maximum atomic E-state index is 13.7. The average Bonchev–Trinajstić information content (AvgIpc) is 3.30. The third kappa shape index (κ3) is 15.8. The largest absolute Gasteiger partial charge is 0.486 e. The molecule has 2 N–H and O–H groups in total. The van der Waals surface area contributed by atoms with Crippen molar-refractivity contribution >= 4 is 55.3 Å². The minimum atomic E-state index is -4.76. The number of hydrogen-bond acceptors (Lipinski definition) is 12. The third-order valence-electron chi connectivity index (χ3n) is 11.7. The van der Waals surface area contributed by atoms with Gasteiger partial charge in [0.2, 0.25) is 0 Å². The highest BCUT2D eigenvalue weighted by Crippen LogP contribution is 2.42. The molecule has 4 aromatic rings. The maximum Gasteiger partial charge on any atom is 0.416 e. The summed E-state index contributed by atoms with van der Waals surface area (Å²) in [5.74, 6) is -4.66. The quantitative estimate of drug-likeness (QED) is 0.0788. The van der Waals surface area contributed by atoms with Gasteiger partial charge in [-0.3, -0.25) is 27.8 Å². The second-order valence-electron chi connectivity index (χ2n) is 20.1. The zero-order valence-corrected chi connectivity index (χ0v) is 44.5. The third-order valence-corrected chi connectivity index (χ3v) is 15.3. The molecule has 16 nitrogen and oxygen atoms in total. The molecule has 0 saturated heterocycles. The first kappa shape index (κ1) is 60.3. The standard InChI is InChI=1S/2C26H30F3NO7S/c2*1-5-17(24(32)33)13-19-15-30(38(34,35)20-8-6-7-18(14-20)26(27,28)29)21-11-16(9-10-22(21)36-19)12-23(31)37-25(2,3)4/h2*6-11,14,17,19H,5,12-13,15H2,1-4H3,(H,32,33)/t17-,19+;17-,19-/m10/s1. The predicted molar refractivity (Wildman–Crippen MR) is 265 cm³/mol. The number of anilines is 2. The number of esters is 2. The molecule has 0 spiro atoms. The molecule has 76 heavy (non-hydrogen) atoms. The number of ether oxygens (including phenoxy) is 4. The van der Waals surface area contributed by atoms with E-state index in [1.807, 2.05) is 0 Å². The van der Waals surface area contributed by atoms with Gasteiger partial charge in [0.15, 0.2) is 0 Å². The van der Waals surface area contributed by atoms with Crippen molar-refractivity contribution in [1.29, 1.82) is 0 Å². The molecule has 6 rings (SSSR count). The van der Waals surface area contributed by atoms with E-state index in [2.05, 4.69) is 0 Å². The van der Waals surface area contributed by atoms with E-state index in [4.69, 9.17) is 18.9 Å². The van der Waals surface area contributed by atoms with Gasteiger partial charge in [0.1, 0.15) is 34.9 Å². The van der Waals surface area contributed by atoms with Crippen LogP contribution in [0.3, 0.4) is 0 Å². The molecule has 2 aliphatic heterocycles. The Morgan fingerprint density at radius 1 is 0.579 bits per heavy atom. The Kier molecular flexibility index (Phi) is 18.5. The Balaban J connectivity index is 0.000000281. The topological polar surface area (TPSA) is 220 Å². The molecule has 4 aromatic carbocycles. The molecule has 2 aliphatic rings. The van der Waals surface area contributed by atoms with Crippen LogP contribution in [0.2, 0.25) is 0 Å². The summed E-state index contributed by atoms with van der Waals surface area (Å²) in [5.41, 5.74) is -2.85. The number of rotatable bonds is 16. The first-order valence-corrected chi connectivity index (χ1v) is 26.8. The summed E-state index contributed by atoms with van der Waals surface area (Å²) in [5, 5.41) is 18.9. The number of sulfonamides is 2. The Labute approximate surface area is 437 Å². The predicted octanol–water partition coefficient (Wildman–Crippen LogP) is 10.1. The van der Waals surface area contributed by atoms with Gasteiger partial charge >= 0.3 is 36.2 Å². The van der Waals surface area contributed by atoms with Crippen molar-refractivity contribution in [3.63, 3.8) is 0 Å². The van der Waals surface area contributed by atoms with Gasteiger partial charge in [-0.05, 0) is 139 Å². The van der Waals surface area contributed by atoms with Crippen molar-refractivity contribution < 1.29 is 91.5 Å². The lowest BCUT2D eigenvalue weighted by atomic mass is 9.98. The monoisotopic (exact) mass is 1110 g/mol. The highest BCUT2D eigenvalue weighted by molar-refractivity contribution is 7.93. The first-order chi connectivity index (χ1) is 35.0. The van der Waals surface area contributed by atoms with E-state index in [0.29, 0.717) is 23.3 Å². The average molecular weight is 1120 g/mol. The molecule has 0 saturated carbocycles. The van der Waals surface area contributed by atoms with E-state index in [1.54, 1.807) is 67.5 Å². The van der Waals surface area contributed by atoms with Crippen LogP contribution >= 0.6 is 0 Å². The fourth-order valence-electron chi connectivity index (χ4n) is 8.16. The lowest BCUT2D eigenvalue weighted by molar-refractivity contribution is -0.155. The maximum absolute atomic E-state index is 13.7. The number of carboxylic acid groups (broad SMARTS) is 2. The van der Waals surface area contributed by atoms with E-state index in [-0.39, 0.29) is 74.5 Å². The van der Waals surface area contributed by atoms with Gasteiger partial charge in [-0.1, -0.05) is 38.1 Å². The Morgan fingerprint density at radius 2 is 0.921 bits per heavy atom. The number of alkyl halides is 6. The molecule has 0 fully saturated rings. The molecule has 2 heterocycles. The molecule has 0 bridgehead atoms. The highest BCUT2D eigenvalue weighted by Gasteiger charge is 2.41. The second-order valence-corrected chi connectivity index (χ2v) is 23.8. The van der Waals surface area contributed by atoms with Crippen LogP contribution in [0.1, 0.15) is 103 Å². The Morgan fingerprint density at radius 3 is 1.21 bits per heavy atom. The SMILES string of the molecule is CC[C@@H](C[C@H]1CN(S(=O)(=O)c2cccc(C(F)(F)F)c2)c2cc(CC(=O)OC(C)(C)C)ccc2O1)C(=O)O.CC[C@H](C[C@H]1CN(S(=O)(=O)c2cccc(C(F)(F)F)c2)c2cc(CC(=O)OC(C)(C)C)ccc2O1)C(=O)O. The first-order valence-electron chi connectivity index (χ1n) is 23.9. The molecule has 24 heteroatoms. The Bertz CT molecular complexity index is 2810. The van der Waals surface area contributed by atoms with Gasteiger partial charge < -0.3 is 29.2 Å². The zero-order valence-electron chi connectivity index (χ0n) is 42.8. The number of carbonyl (C=O) groups excluding carboxylic acids is 2. The van der Waals surface area contributed by atoms with Crippen LogP contribution in [0.25, 0.3) is 0 Å². The number of carbonyl (C=O) groups is 4. The Hall–Kier alpha value is -6.56. The van der Waals surface area contributed by atoms with Gasteiger partial charge in [0.05, 0.1) is 70.1 Å². The van der Waals surface area contributed by atoms with Gasteiger partial charge in [-0.25, -0.2) is 16.8 Å². The molecular formula is C52H60F6N2O14S2. The van der Waals surface area contributed by atoms with Gasteiger partial charge in [0, 0.05) is 0 Å². The summed E-state index contributed by atoms with van der Waals surface area (Å²) in [6.45, 7) is 12.9. The smallest absolute Gasteiger partial charge is 0.416 e. The lowest BCUT2D eigenvalue weighted by Crippen LogP contribution is -2.44. The summed E-state index contributed by atoms with van der Waals surface area (Å²) in [6.07, 6.45) is -11.1. The van der Waals surface area contributed by atoms with Crippen molar-refractivity contribution in [3.05, 3.63) is 107 Å². The van der Waals surface area contributed by atoms with E-state index < -0.39 is 112 Å². The van der Waals surface area contributed by atoms with Crippen LogP contribution in [0.4, 0.5) is 37.7 Å². The molecule has 4 atom stereocenters. The van der Waals surface area contributed by atoms with E-state index in [1.165, 1.54) is 24.3 Å². The van der Waals surface area contributed by atoms with Gasteiger partial charge in [0.25, 0.3) is 20.0 Å². The van der Waals surface area contributed by atoms with Gasteiger partial charge in [-0.2, -0.15) is 26.3 Å². The van der Waals surface area contributed by atoms with Crippen molar-refractivity contribution in [3.8, 4) is 11.5 Å². The second kappa shape index (κ2) is 23.4. The summed E-state index contributed by atoms with van der Waals surface area (Å²) in [6, 6.07) is 15.6. The zero-order chi connectivity index (χ0) is 56.9. The lowest BCUT2D eigenvalue weighted by Gasteiger charge is -2.36. The number of halogens is 6. The molecule has 0 amide bonds. The molecule has 0 aromatic heterocycles. The fraction of sp³-hybridized carbons (Fsp3) is 0.462. The number of aliphatic carboxylic acids is 2. The molecular weight excluding hydrogens is 1050 g/mol. The number of fused-ring (bicyclic) bond motifs is 2. The van der Waals surface area contributed by atoms with E-state index in [9.17, 15) is 72.6 Å². The molecule has 0 aliphatic carbocycles. The van der Waals surface area contributed by atoms with Crippen LogP contribution in [-0.4, -0.2) is 87.4 Å². The summed E-state index contributed by atoms with van der Waals surface area (Å²) >= 11 is 0. The summed E-state index contributed by atoms with van der Waals surface area (Å²) in [7, 11) is -9.08. The van der Waals surface area contributed by atoms with Crippen LogP contribution in [0.5, 0.6) is 11.5 Å². The molecule has 416 valence electrons. The molecule has 0 radical (unpaired) electrons. The van der Waals surface area contributed by atoms with Crippen LogP contribution in [-0.2, 0) is 73.9 Å². The van der Waals surface area contributed by atoms with Crippen LogP contribution in [0, 0.1) is 11.8 Å². The minimum Gasteiger partial charge on any atom is -0.486 e. The highest BCUT2D eigenvalue weighted by atomic mass is 32.2. The van der Waals surface area contributed by atoms with Crippen LogP contribution < -0.4 is 18.1 Å². The van der Waals surface area contributed by atoms with Crippen molar-refractivity contribution in [2.75, 3.05) is 21.7 Å². The van der Waals surface area contributed by atoms with E-state index in [0.717, 1.165) is 45.0 Å². The number of benzene rings is 4. The fourth-order valence-corrected chi connectivity index (χ4v) is 11.3. The molecule has 0 unspecified atom stereocenters. The van der Waals surface area contributed by atoms with Crippen LogP contribution in [0.15, 0.2) is 94.7 Å². The van der Waals surface area contributed by atoms with Crippen molar-refractivity contribution in [2.24, 2.45) is 11.8 Å². The number of carboxylic acids is 2. The van der Waals surface area contributed by atoms with Crippen molar-refractivity contribution in [1.82, 2.24) is 0 Å².